The zero-order chi connectivity index (χ0) is 37.5. The topological polar surface area (TPSA) is 22.8 Å². The third-order valence-electron chi connectivity index (χ3n) is 11.5. The first kappa shape index (κ1) is 32.0. The molecule has 0 saturated heterocycles. The molecule has 0 bridgehead atoms. The van der Waals surface area contributed by atoms with Gasteiger partial charge in [0, 0.05) is 47.9 Å². The van der Waals surface area contributed by atoms with Crippen molar-refractivity contribution in [3.05, 3.63) is 200 Å². The molecular formula is C53H33N3S. The van der Waals surface area contributed by atoms with Crippen LogP contribution in [0.2, 0.25) is 0 Å². The summed E-state index contributed by atoms with van der Waals surface area (Å²) in [6.45, 7) is 0. The zero-order valence-corrected chi connectivity index (χ0v) is 31.6. The minimum absolute atomic E-state index is 0.919. The molecule has 3 aromatic heterocycles. The highest BCUT2D eigenvalue weighted by Crippen LogP contribution is 2.41. The molecule has 3 heterocycles. The molecule has 0 spiro atoms. The first-order valence-corrected chi connectivity index (χ1v) is 20.2. The standard InChI is InChI=1S/C53H33N3S/c1-2-10-34(11-3-1)35-18-25-41(26-19-35)56-47-16-8-7-15-46(47)54-53(56)37-20-27-40(28-21-37)55-48-30-23-36-12-4-5-13-42(36)52(48)44-29-22-39(33-49(44)55)38-24-31-51-45(32-38)43-14-6-9-17-50(43)57-51/h1-33H. The molecule has 0 unspecified atom stereocenters. The lowest BCUT2D eigenvalue weighted by atomic mass is 10.00. The average Bonchev–Trinajstić information content (AvgIpc) is 3.96. The van der Waals surface area contributed by atoms with E-state index in [4.69, 9.17) is 4.98 Å². The van der Waals surface area contributed by atoms with E-state index < -0.39 is 0 Å². The summed E-state index contributed by atoms with van der Waals surface area (Å²) in [6.07, 6.45) is 0. The van der Waals surface area contributed by atoms with Gasteiger partial charge in [-0.2, -0.15) is 0 Å². The highest BCUT2D eigenvalue weighted by Gasteiger charge is 2.19. The maximum Gasteiger partial charge on any atom is 0.145 e. The van der Waals surface area contributed by atoms with Gasteiger partial charge in [-0.15, -0.1) is 11.3 Å². The molecule has 3 nitrogen and oxygen atoms in total. The van der Waals surface area contributed by atoms with Crippen molar-refractivity contribution in [1.29, 1.82) is 0 Å². The first-order chi connectivity index (χ1) is 28.2. The summed E-state index contributed by atoms with van der Waals surface area (Å²) in [6, 6.07) is 72.6. The van der Waals surface area contributed by atoms with Crippen molar-refractivity contribution in [2.75, 3.05) is 0 Å². The quantitative estimate of drug-likeness (QED) is 0.172. The average molecular weight is 744 g/mol. The number of para-hydroxylation sites is 2. The minimum Gasteiger partial charge on any atom is -0.309 e. The minimum atomic E-state index is 0.919. The molecule has 12 rings (SSSR count). The van der Waals surface area contributed by atoms with Crippen molar-refractivity contribution in [2.45, 2.75) is 0 Å². The third kappa shape index (κ3) is 5.08. The van der Waals surface area contributed by atoms with Gasteiger partial charge in [-0.05, 0) is 112 Å². The second-order valence-electron chi connectivity index (χ2n) is 14.8. The van der Waals surface area contributed by atoms with Gasteiger partial charge in [0.15, 0.2) is 0 Å². The zero-order valence-electron chi connectivity index (χ0n) is 30.8. The number of thiophene rings is 1. The fourth-order valence-electron chi connectivity index (χ4n) is 8.82. The second-order valence-corrected chi connectivity index (χ2v) is 15.9. The molecule has 57 heavy (non-hydrogen) atoms. The van der Waals surface area contributed by atoms with Crippen molar-refractivity contribution in [3.8, 4) is 45.0 Å². The Morgan fingerprint density at radius 3 is 1.84 bits per heavy atom. The van der Waals surface area contributed by atoms with Crippen LogP contribution in [0.25, 0.3) is 109 Å². The highest BCUT2D eigenvalue weighted by atomic mass is 32.1. The summed E-state index contributed by atoms with van der Waals surface area (Å²) in [4.78, 5) is 5.20. The van der Waals surface area contributed by atoms with E-state index in [1.165, 1.54) is 75.0 Å². The summed E-state index contributed by atoms with van der Waals surface area (Å²) in [7, 11) is 0. The van der Waals surface area contributed by atoms with Gasteiger partial charge in [-0.1, -0.05) is 121 Å². The Labute approximate surface area is 333 Å². The third-order valence-corrected chi connectivity index (χ3v) is 12.7. The first-order valence-electron chi connectivity index (χ1n) is 19.4. The molecule has 9 aromatic carbocycles. The molecule has 0 fully saturated rings. The number of aromatic nitrogens is 3. The largest absolute Gasteiger partial charge is 0.309 e. The summed E-state index contributed by atoms with van der Waals surface area (Å²) < 4.78 is 7.37. The van der Waals surface area contributed by atoms with Crippen LogP contribution in [0.1, 0.15) is 0 Å². The van der Waals surface area contributed by atoms with Crippen molar-refractivity contribution in [3.63, 3.8) is 0 Å². The van der Waals surface area contributed by atoms with Crippen LogP contribution in [0.4, 0.5) is 0 Å². The predicted octanol–water partition coefficient (Wildman–Crippen LogP) is 14.6. The number of fused-ring (bicyclic) bond motifs is 9. The lowest BCUT2D eigenvalue weighted by Crippen LogP contribution is -1.98. The molecule has 0 amide bonds. The van der Waals surface area contributed by atoms with Gasteiger partial charge in [0.05, 0.1) is 22.1 Å². The molecular weight excluding hydrogens is 711 g/mol. The summed E-state index contributed by atoms with van der Waals surface area (Å²) in [5.41, 5.74) is 12.5. The Kier molecular flexibility index (Phi) is 7.10. The van der Waals surface area contributed by atoms with E-state index in [9.17, 15) is 0 Å². The molecule has 0 atom stereocenters. The summed E-state index contributed by atoms with van der Waals surface area (Å²) >= 11 is 1.86. The monoisotopic (exact) mass is 743 g/mol. The SMILES string of the molecule is c1ccc(-c2ccc(-n3c(-c4ccc(-n5c6cc(-c7ccc8sc9ccccc9c8c7)ccc6c6c7ccccc7ccc65)cc4)nc4ccccc43)cc2)cc1. The Balaban J connectivity index is 1.02. The summed E-state index contributed by atoms with van der Waals surface area (Å²) in [5, 5.41) is 7.67. The Morgan fingerprint density at radius 2 is 0.982 bits per heavy atom. The molecule has 12 aromatic rings. The fraction of sp³-hybridized carbons (Fsp3) is 0. The van der Waals surface area contributed by atoms with Crippen LogP contribution in [-0.2, 0) is 0 Å². The van der Waals surface area contributed by atoms with E-state index in [0.29, 0.717) is 0 Å². The molecule has 0 radical (unpaired) electrons. The van der Waals surface area contributed by atoms with Crippen molar-refractivity contribution < 1.29 is 0 Å². The Hall–Kier alpha value is -7.27. The number of hydrogen-bond acceptors (Lipinski definition) is 2. The molecule has 0 aliphatic rings. The van der Waals surface area contributed by atoms with Gasteiger partial charge >= 0.3 is 0 Å². The molecule has 266 valence electrons. The van der Waals surface area contributed by atoms with Gasteiger partial charge in [0.1, 0.15) is 5.82 Å². The van der Waals surface area contributed by atoms with Crippen molar-refractivity contribution >= 4 is 75.1 Å². The Morgan fingerprint density at radius 1 is 0.351 bits per heavy atom. The molecule has 0 aliphatic carbocycles. The van der Waals surface area contributed by atoms with Crippen LogP contribution in [0.3, 0.4) is 0 Å². The molecule has 4 heteroatoms. The van der Waals surface area contributed by atoms with Crippen LogP contribution in [-0.4, -0.2) is 14.1 Å². The maximum atomic E-state index is 5.20. The van der Waals surface area contributed by atoms with E-state index >= 15 is 0 Å². The molecule has 0 N–H and O–H groups in total. The number of hydrogen-bond donors (Lipinski definition) is 0. The smallest absolute Gasteiger partial charge is 0.145 e. The van der Waals surface area contributed by atoms with Gasteiger partial charge < -0.3 is 4.57 Å². The lowest BCUT2D eigenvalue weighted by Gasteiger charge is -2.13. The number of benzene rings is 9. The normalized spacial score (nSPS) is 11.9. The van der Waals surface area contributed by atoms with E-state index in [0.717, 1.165) is 33.8 Å². The maximum absolute atomic E-state index is 5.20. The predicted molar refractivity (Wildman–Crippen MR) is 242 cm³/mol. The van der Waals surface area contributed by atoms with Crippen LogP contribution in [0.15, 0.2) is 200 Å². The molecule has 0 aliphatic heterocycles. The summed E-state index contributed by atoms with van der Waals surface area (Å²) in [5.74, 6) is 0.919. The van der Waals surface area contributed by atoms with Crippen LogP contribution >= 0.6 is 11.3 Å². The van der Waals surface area contributed by atoms with Gasteiger partial charge in [0.25, 0.3) is 0 Å². The lowest BCUT2D eigenvalue weighted by molar-refractivity contribution is 1.10. The van der Waals surface area contributed by atoms with E-state index in [1.54, 1.807) is 0 Å². The second kappa shape index (κ2) is 12.6. The molecule has 0 saturated carbocycles. The van der Waals surface area contributed by atoms with Crippen LogP contribution in [0.5, 0.6) is 0 Å². The number of nitrogens with zero attached hydrogens (tertiary/aromatic N) is 3. The number of imidazole rings is 1. The number of rotatable bonds is 5. The van der Waals surface area contributed by atoms with Crippen molar-refractivity contribution in [1.82, 2.24) is 14.1 Å². The van der Waals surface area contributed by atoms with Gasteiger partial charge in [-0.3, -0.25) is 4.57 Å². The van der Waals surface area contributed by atoms with Gasteiger partial charge in [0.2, 0.25) is 0 Å². The van der Waals surface area contributed by atoms with E-state index in [2.05, 4.69) is 209 Å². The van der Waals surface area contributed by atoms with E-state index in [1.807, 2.05) is 11.3 Å². The van der Waals surface area contributed by atoms with Crippen molar-refractivity contribution in [2.24, 2.45) is 0 Å². The van der Waals surface area contributed by atoms with Crippen LogP contribution in [0, 0.1) is 0 Å². The Bertz CT molecular complexity index is 3500. The van der Waals surface area contributed by atoms with Gasteiger partial charge in [-0.25, -0.2) is 4.98 Å². The highest BCUT2D eigenvalue weighted by molar-refractivity contribution is 7.25. The van der Waals surface area contributed by atoms with E-state index in [-0.39, 0.29) is 0 Å². The fourth-order valence-corrected chi connectivity index (χ4v) is 9.91. The van der Waals surface area contributed by atoms with Crippen LogP contribution < -0.4 is 0 Å².